The van der Waals surface area contributed by atoms with Gasteiger partial charge < -0.3 is 29.7 Å². The maximum atomic E-state index is 13.0. The molecule has 2 heterocycles. The zero-order valence-electron chi connectivity index (χ0n) is 14.3. The molecule has 2 atom stereocenters. The summed E-state index contributed by atoms with van der Waals surface area (Å²) in [6.45, 7) is 0.742. The molecule has 0 bridgehead atoms. The summed E-state index contributed by atoms with van der Waals surface area (Å²) in [5.74, 6) is -1.65. The molecule has 0 saturated carbocycles. The van der Waals surface area contributed by atoms with Crippen molar-refractivity contribution >= 4 is 23.5 Å². The minimum Gasteiger partial charge on any atom is -0.469 e. The topological polar surface area (TPSA) is 107 Å². The zero-order chi connectivity index (χ0) is 19.6. The van der Waals surface area contributed by atoms with Crippen molar-refractivity contribution in [2.24, 2.45) is 0 Å². The van der Waals surface area contributed by atoms with Crippen LogP contribution in [0, 0.1) is 0 Å². The van der Waals surface area contributed by atoms with Gasteiger partial charge in [-0.15, -0.1) is 8.78 Å². The van der Waals surface area contributed by atoms with Crippen molar-refractivity contribution in [1.82, 2.24) is 5.32 Å². The largest absolute Gasteiger partial charge is 0.586 e. The van der Waals surface area contributed by atoms with Gasteiger partial charge in [0, 0.05) is 11.8 Å². The van der Waals surface area contributed by atoms with E-state index in [9.17, 15) is 23.2 Å². The van der Waals surface area contributed by atoms with Crippen LogP contribution in [0.3, 0.4) is 0 Å². The molecule has 9 nitrogen and oxygen atoms in total. The number of hydrogen-bond donors (Lipinski definition) is 3. The number of rotatable bonds is 5. The van der Waals surface area contributed by atoms with Gasteiger partial charge in [-0.05, 0) is 12.1 Å². The first-order valence-corrected chi connectivity index (χ1v) is 8.16. The summed E-state index contributed by atoms with van der Waals surface area (Å²) in [6, 6.07) is 3.13. The number of carbonyl (C=O) groups is 3. The average Bonchev–Trinajstić information content (AvgIpc) is 2.90. The molecule has 3 rings (SSSR count). The van der Waals surface area contributed by atoms with Crippen molar-refractivity contribution in [3.63, 3.8) is 0 Å². The van der Waals surface area contributed by atoms with Crippen LogP contribution in [0.2, 0.25) is 0 Å². The first-order valence-electron chi connectivity index (χ1n) is 8.16. The van der Waals surface area contributed by atoms with Crippen molar-refractivity contribution in [1.29, 1.82) is 0 Å². The van der Waals surface area contributed by atoms with E-state index >= 15 is 0 Å². The number of hydrogen-bond acceptors (Lipinski definition) is 6. The number of ether oxygens (including phenoxy) is 3. The first kappa shape index (κ1) is 18.8. The van der Waals surface area contributed by atoms with E-state index in [4.69, 9.17) is 0 Å². The van der Waals surface area contributed by atoms with E-state index in [1.54, 1.807) is 0 Å². The number of piperazine rings is 1. The predicted octanol–water partition coefficient (Wildman–Crippen LogP) is -1.11. The first-order chi connectivity index (χ1) is 12.8. The molecule has 1 unspecified atom stereocenters. The molecular formula is C16H18F2N3O6+. The molecule has 2 amide bonds. The number of halogens is 2. The van der Waals surface area contributed by atoms with Gasteiger partial charge in [0.1, 0.15) is 6.42 Å². The molecule has 2 aliphatic rings. The highest BCUT2D eigenvalue weighted by molar-refractivity contribution is 5.92. The Morgan fingerprint density at radius 1 is 1.37 bits per heavy atom. The maximum absolute atomic E-state index is 13.0. The van der Waals surface area contributed by atoms with E-state index in [2.05, 4.69) is 24.8 Å². The summed E-state index contributed by atoms with van der Waals surface area (Å²) in [4.78, 5) is 36.4. The molecule has 0 aromatic heterocycles. The van der Waals surface area contributed by atoms with Crippen LogP contribution in [0.15, 0.2) is 18.2 Å². The Bertz CT molecular complexity index is 773. The van der Waals surface area contributed by atoms with E-state index < -0.39 is 24.2 Å². The maximum Gasteiger partial charge on any atom is 0.586 e. The second kappa shape index (κ2) is 7.35. The van der Waals surface area contributed by atoms with Crippen molar-refractivity contribution in [2.75, 3.05) is 32.1 Å². The zero-order valence-corrected chi connectivity index (χ0v) is 14.3. The number of fused-ring (bicyclic) bond motifs is 1. The Morgan fingerprint density at radius 2 is 2.11 bits per heavy atom. The van der Waals surface area contributed by atoms with E-state index in [1.807, 2.05) is 0 Å². The molecule has 146 valence electrons. The van der Waals surface area contributed by atoms with Crippen LogP contribution in [-0.4, -0.2) is 56.9 Å². The molecule has 1 aromatic carbocycles. The average molecular weight is 386 g/mol. The number of methoxy groups -OCH3 is 1. The summed E-state index contributed by atoms with van der Waals surface area (Å²) >= 11 is 0. The minimum atomic E-state index is -3.74. The van der Waals surface area contributed by atoms with E-state index in [0.29, 0.717) is 18.0 Å². The van der Waals surface area contributed by atoms with Gasteiger partial charge in [0.25, 0.3) is 11.8 Å². The Kier molecular flexibility index (Phi) is 5.13. The van der Waals surface area contributed by atoms with Crippen molar-refractivity contribution in [2.45, 2.75) is 18.8 Å². The molecule has 27 heavy (non-hydrogen) atoms. The van der Waals surface area contributed by atoms with Crippen LogP contribution in [0.5, 0.6) is 11.5 Å². The molecule has 1 saturated heterocycles. The Hall–Kier alpha value is -2.95. The third kappa shape index (κ3) is 4.42. The number of amides is 2. The van der Waals surface area contributed by atoms with E-state index in [0.717, 1.165) is 0 Å². The lowest BCUT2D eigenvalue weighted by Crippen LogP contribution is -3.20. The van der Waals surface area contributed by atoms with Crippen molar-refractivity contribution < 1.29 is 42.3 Å². The third-order valence-electron chi connectivity index (χ3n) is 4.23. The third-order valence-corrected chi connectivity index (χ3v) is 4.23. The number of nitrogens with one attached hydrogen (secondary N) is 3. The van der Waals surface area contributed by atoms with Gasteiger partial charge in [0.2, 0.25) is 0 Å². The Morgan fingerprint density at radius 3 is 2.85 bits per heavy atom. The molecular weight excluding hydrogens is 368 g/mol. The lowest BCUT2D eigenvalue weighted by molar-refractivity contribution is -0.909. The van der Waals surface area contributed by atoms with Crippen LogP contribution >= 0.6 is 0 Å². The van der Waals surface area contributed by atoms with Crippen LogP contribution < -0.4 is 25.0 Å². The van der Waals surface area contributed by atoms with Gasteiger partial charge >= 0.3 is 12.3 Å². The minimum absolute atomic E-state index is 0.0836. The van der Waals surface area contributed by atoms with Gasteiger partial charge in [-0.2, -0.15) is 0 Å². The lowest BCUT2D eigenvalue weighted by Gasteiger charge is -2.30. The molecule has 1 fully saturated rings. The lowest BCUT2D eigenvalue weighted by atomic mass is 10.1. The normalized spacial score (nSPS) is 22.7. The van der Waals surface area contributed by atoms with Gasteiger partial charge in [-0.25, -0.2) is 0 Å². The fourth-order valence-corrected chi connectivity index (χ4v) is 2.97. The fourth-order valence-electron chi connectivity index (χ4n) is 2.97. The van der Waals surface area contributed by atoms with Crippen LogP contribution in [0.1, 0.15) is 6.42 Å². The Balaban J connectivity index is 1.63. The van der Waals surface area contributed by atoms with Gasteiger partial charge in [-0.1, -0.05) is 0 Å². The van der Waals surface area contributed by atoms with Gasteiger partial charge in [0.15, 0.2) is 24.1 Å². The van der Waals surface area contributed by atoms with E-state index in [-0.39, 0.29) is 36.1 Å². The summed E-state index contributed by atoms with van der Waals surface area (Å²) < 4.78 is 39.3. The standard InChI is InChI=1S/C16H17F2N3O6/c1-25-14(23)7-10-15(24)19-4-5-21(10)8-13(22)20-9-2-3-11-12(6-9)27-16(17,18)26-11/h2-3,6,10H,4-5,7-8H2,1H3,(H,19,24)(H,20,22)/p+1/t10-/m0/s1. The summed E-state index contributed by atoms with van der Waals surface area (Å²) in [7, 11) is 1.22. The summed E-state index contributed by atoms with van der Waals surface area (Å²) in [6.07, 6.45) is -3.89. The quantitative estimate of drug-likeness (QED) is 0.555. The molecule has 0 radical (unpaired) electrons. The highest BCUT2D eigenvalue weighted by Gasteiger charge is 2.43. The molecule has 1 aromatic rings. The number of esters is 1. The predicted molar refractivity (Wildman–Crippen MR) is 85.4 cm³/mol. The number of carbonyl (C=O) groups excluding carboxylic acids is 3. The molecule has 11 heteroatoms. The van der Waals surface area contributed by atoms with Gasteiger partial charge in [-0.3, -0.25) is 14.4 Å². The fraction of sp³-hybridized carbons (Fsp3) is 0.438. The molecule has 3 N–H and O–H groups in total. The summed E-state index contributed by atoms with van der Waals surface area (Å²) in [5, 5.41) is 5.21. The number of alkyl halides is 2. The molecule has 0 spiro atoms. The van der Waals surface area contributed by atoms with Crippen molar-refractivity contribution in [3.8, 4) is 11.5 Å². The number of benzene rings is 1. The smallest absolute Gasteiger partial charge is 0.469 e. The van der Waals surface area contributed by atoms with Crippen LogP contribution in [0.25, 0.3) is 0 Å². The number of quaternary nitrogens is 1. The van der Waals surface area contributed by atoms with Crippen molar-refractivity contribution in [3.05, 3.63) is 18.2 Å². The summed E-state index contributed by atoms with van der Waals surface area (Å²) in [5.41, 5.74) is 0.241. The second-order valence-electron chi connectivity index (χ2n) is 6.09. The second-order valence-corrected chi connectivity index (χ2v) is 6.09. The van der Waals surface area contributed by atoms with Crippen LogP contribution in [-0.2, 0) is 19.1 Å². The highest BCUT2D eigenvalue weighted by Crippen LogP contribution is 2.42. The van der Waals surface area contributed by atoms with Gasteiger partial charge in [0.05, 0.1) is 20.2 Å². The van der Waals surface area contributed by atoms with Crippen LogP contribution in [0.4, 0.5) is 14.5 Å². The molecule has 0 aliphatic carbocycles. The number of anilines is 1. The highest BCUT2D eigenvalue weighted by atomic mass is 19.3. The SMILES string of the molecule is COC(=O)C[C@H]1C(=O)NCC[NH+]1CC(=O)Nc1ccc2c(c1)OC(F)(F)O2. The monoisotopic (exact) mass is 386 g/mol. The van der Waals surface area contributed by atoms with E-state index in [1.165, 1.54) is 25.3 Å². The Labute approximate surface area is 152 Å². The molecule has 2 aliphatic heterocycles.